The quantitative estimate of drug-likeness (QED) is 0.0790. The highest BCUT2D eigenvalue weighted by atomic mass is 16.7. The number of hydrogen-bond donors (Lipinski definition) is 12. The van der Waals surface area contributed by atoms with Gasteiger partial charge in [0.2, 0.25) is 17.7 Å². The number of carbonyl (C=O) groups is 4. The molecule has 22 nitrogen and oxygen atoms in total. The second kappa shape index (κ2) is 18.2. The molecule has 17 atom stereocenters. The third kappa shape index (κ3) is 10.0. The van der Waals surface area contributed by atoms with Crippen molar-refractivity contribution in [2.75, 3.05) is 19.8 Å². The zero-order valence-corrected chi connectivity index (χ0v) is 27.5. The second-order valence-electron chi connectivity index (χ2n) is 12.2. The van der Waals surface area contributed by atoms with Crippen LogP contribution in [0.15, 0.2) is 0 Å². The lowest BCUT2D eigenvalue weighted by Crippen LogP contribution is -2.69. The van der Waals surface area contributed by atoms with Gasteiger partial charge in [0.25, 0.3) is 0 Å². The molecule has 12 N–H and O–H groups in total. The molecular weight excluding hydrogens is 682 g/mol. The number of carboxylic acids is 1. The van der Waals surface area contributed by atoms with Gasteiger partial charge in [-0.1, -0.05) is 0 Å². The van der Waals surface area contributed by atoms with Crippen LogP contribution in [0.5, 0.6) is 0 Å². The van der Waals surface area contributed by atoms with Crippen LogP contribution in [-0.4, -0.2) is 194 Å². The summed E-state index contributed by atoms with van der Waals surface area (Å²) in [7, 11) is 0. The van der Waals surface area contributed by atoms with Crippen LogP contribution in [0.2, 0.25) is 0 Å². The molecule has 288 valence electrons. The Bertz CT molecular complexity index is 1170. The van der Waals surface area contributed by atoms with Crippen LogP contribution in [0.4, 0.5) is 0 Å². The van der Waals surface area contributed by atoms with Gasteiger partial charge in [0.05, 0.1) is 25.9 Å². The Morgan fingerprint density at radius 1 is 0.660 bits per heavy atom. The first-order chi connectivity index (χ1) is 23.4. The lowest BCUT2D eigenvalue weighted by Gasteiger charge is -2.48. The van der Waals surface area contributed by atoms with E-state index < -0.39 is 148 Å². The molecule has 0 aliphatic carbocycles. The highest BCUT2D eigenvalue weighted by Crippen LogP contribution is 2.32. The monoisotopic (exact) mass is 729 g/mol. The number of hydrogen-bond acceptors (Lipinski definition) is 18. The molecule has 0 aromatic rings. The van der Waals surface area contributed by atoms with Gasteiger partial charge < -0.3 is 90.3 Å². The molecule has 3 amide bonds. The van der Waals surface area contributed by atoms with Crippen LogP contribution in [0.3, 0.4) is 0 Å². The molecule has 3 saturated heterocycles. The third-order valence-electron chi connectivity index (χ3n) is 8.30. The Balaban J connectivity index is 1.98. The maximum Gasteiger partial charge on any atom is 0.328 e. The van der Waals surface area contributed by atoms with Gasteiger partial charge in [0, 0.05) is 20.8 Å². The average molecular weight is 730 g/mol. The van der Waals surface area contributed by atoms with E-state index in [1.807, 2.05) is 0 Å². The lowest BCUT2D eigenvalue weighted by atomic mass is 9.94. The summed E-state index contributed by atoms with van der Waals surface area (Å²) in [4.78, 5) is 47.9. The van der Waals surface area contributed by atoms with Crippen molar-refractivity contribution >= 4 is 23.7 Å². The Kier molecular flexibility index (Phi) is 15.2. The largest absolute Gasteiger partial charge is 0.480 e. The predicted molar refractivity (Wildman–Crippen MR) is 158 cm³/mol. The average Bonchev–Trinajstić information content (AvgIpc) is 3.04. The molecule has 0 unspecified atom stereocenters. The van der Waals surface area contributed by atoms with E-state index in [4.69, 9.17) is 28.4 Å². The fourth-order valence-corrected chi connectivity index (χ4v) is 5.75. The number of carboxylic acid groups (broad SMARTS) is 1. The van der Waals surface area contributed by atoms with Crippen molar-refractivity contribution in [2.45, 2.75) is 132 Å². The molecule has 3 rings (SSSR count). The summed E-state index contributed by atoms with van der Waals surface area (Å²) in [5.41, 5.74) is 0. The van der Waals surface area contributed by atoms with Crippen molar-refractivity contribution in [3.05, 3.63) is 0 Å². The fraction of sp³-hybridized carbons (Fsp3) is 0.857. The molecule has 0 aromatic heterocycles. The van der Waals surface area contributed by atoms with E-state index in [-0.39, 0.29) is 0 Å². The third-order valence-corrected chi connectivity index (χ3v) is 8.30. The van der Waals surface area contributed by atoms with E-state index in [0.717, 1.165) is 20.8 Å². The van der Waals surface area contributed by atoms with Crippen molar-refractivity contribution in [3.63, 3.8) is 0 Å². The van der Waals surface area contributed by atoms with Crippen molar-refractivity contribution in [2.24, 2.45) is 0 Å². The highest BCUT2D eigenvalue weighted by molar-refractivity contribution is 5.82. The Morgan fingerprint density at radius 2 is 1.18 bits per heavy atom. The standard InChI is InChI=1S/C28H47N3O19/c1-8(15(25(43)44)29-9(2)34)46-27-17(31-11(4)36)24(50-28-23(42)22(41)19(38)13(6-33)48-28)20(39)14(49-27)7-45-26-16(30-10(3)35)21(40)18(37)12(5-32)47-26/h8,12-24,26-28,32-33,37-42H,5-7H2,1-4H3,(H,29,34)(H,30,35)(H,31,36)(H,43,44)/t8-,12-,13-,14-,15+,16-,17-,18-,19+,20+,21-,22+,23-,24-,26-,27+,28+/m1/s1. The van der Waals surface area contributed by atoms with E-state index >= 15 is 0 Å². The van der Waals surface area contributed by atoms with Gasteiger partial charge >= 0.3 is 5.97 Å². The van der Waals surface area contributed by atoms with Crippen molar-refractivity contribution < 1.29 is 93.6 Å². The Hall–Kier alpha value is -2.68. The number of aliphatic carboxylic acids is 1. The molecule has 0 aromatic carbocycles. The van der Waals surface area contributed by atoms with Crippen LogP contribution in [-0.2, 0) is 47.6 Å². The number of amides is 3. The normalized spacial score (nSPS) is 40.3. The van der Waals surface area contributed by atoms with Gasteiger partial charge in [-0.25, -0.2) is 4.79 Å². The number of ether oxygens (including phenoxy) is 6. The van der Waals surface area contributed by atoms with E-state index in [0.29, 0.717) is 0 Å². The maximum atomic E-state index is 12.4. The van der Waals surface area contributed by atoms with Gasteiger partial charge in [-0.05, 0) is 6.92 Å². The number of aliphatic hydroxyl groups excluding tert-OH is 8. The van der Waals surface area contributed by atoms with Crippen molar-refractivity contribution in [1.29, 1.82) is 0 Å². The SMILES string of the molecule is CC(=O)N[C@H]1[C@H](OC[C@H]2O[C@H](O[C@H](C)[C@H](NC(C)=O)C(=O)O)[C@H](NC(C)=O)[C@@H](O[C@@H]3O[C@H](CO)[C@H](O)[C@H](O)[C@H]3O)[C@H]2O)O[C@H](CO)[C@@H](O)[C@@H]1O. The Labute approximate surface area is 285 Å². The molecular formula is C28H47N3O19. The molecule has 0 radical (unpaired) electrons. The lowest BCUT2D eigenvalue weighted by molar-refractivity contribution is -0.352. The fourth-order valence-electron chi connectivity index (χ4n) is 5.75. The van der Waals surface area contributed by atoms with E-state index in [9.17, 15) is 65.1 Å². The molecule has 22 heteroatoms. The van der Waals surface area contributed by atoms with Gasteiger partial charge in [0.15, 0.2) is 24.9 Å². The van der Waals surface area contributed by atoms with E-state index in [1.54, 1.807) is 0 Å². The molecule has 3 aliphatic rings. The molecule has 0 saturated carbocycles. The molecule has 0 bridgehead atoms. The minimum Gasteiger partial charge on any atom is -0.480 e. The smallest absolute Gasteiger partial charge is 0.328 e. The molecule has 0 spiro atoms. The van der Waals surface area contributed by atoms with Crippen LogP contribution in [0, 0.1) is 0 Å². The van der Waals surface area contributed by atoms with Gasteiger partial charge in [-0.15, -0.1) is 0 Å². The summed E-state index contributed by atoms with van der Waals surface area (Å²) in [5, 5.41) is 99.7. The van der Waals surface area contributed by atoms with Crippen molar-refractivity contribution in [1.82, 2.24) is 16.0 Å². The first kappa shape index (κ1) is 41.7. The predicted octanol–water partition coefficient (Wildman–Crippen LogP) is -7.28. The molecule has 50 heavy (non-hydrogen) atoms. The number of rotatable bonds is 14. The van der Waals surface area contributed by atoms with Gasteiger partial charge in [-0.2, -0.15) is 0 Å². The van der Waals surface area contributed by atoms with Crippen LogP contribution >= 0.6 is 0 Å². The number of carbonyl (C=O) groups excluding carboxylic acids is 3. The van der Waals surface area contributed by atoms with Gasteiger partial charge in [-0.3, -0.25) is 14.4 Å². The zero-order valence-electron chi connectivity index (χ0n) is 27.5. The highest BCUT2D eigenvalue weighted by Gasteiger charge is 2.53. The number of nitrogens with one attached hydrogen (secondary N) is 3. The van der Waals surface area contributed by atoms with E-state index in [1.165, 1.54) is 6.92 Å². The summed E-state index contributed by atoms with van der Waals surface area (Å²) in [6, 6.07) is -4.60. The summed E-state index contributed by atoms with van der Waals surface area (Å²) in [6.07, 6.45) is -23.5. The van der Waals surface area contributed by atoms with E-state index in [2.05, 4.69) is 16.0 Å². The minimum atomic E-state index is -1.97. The maximum absolute atomic E-state index is 12.4. The summed E-state index contributed by atoms with van der Waals surface area (Å²) in [6.45, 7) is 2.20. The molecule has 3 heterocycles. The topological polar surface area (TPSA) is 342 Å². The minimum absolute atomic E-state index is 0.657. The second-order valence-corrected chi connectivity index (χ2v) is 12.2. The Morgan fingerprint density at radius 3 is 1.70 bits per heavy atom. The first-order valence-electron chi connectivity index (χ1n) is 15.6. The number of aliphatic hydroxyl groups is 8. The van der Waals surface area contributed by atoms with Crippen LogP contribution in [0.1, 0.15) is 27.7 Å². The zero-order chi connectivity index (χ0) is 37.6. The van der Waals surface area contributed by atoms with Crippen LogP contribution in [0.25, 0.3) is 0 Å². The summed E-state index contributed by atoms with van der Waals surface area (Å²) in [5.74, 6) is -3.63. The molecule has 3 fully saturated rings. The molecule has 3 aliphatic heterocycles. The first-order valence-corrected chi connectivity index (χ1v) is 15.6. The van der Waals surface area contributed by atoms with Gasteiger partial charge in [0.1, 0.15) is 73.1 Å². The van der Waals surface area contributed by atoms with Crippen LogP contribution < -0.4 is 16.0 Å². The van der Waals surface area contributed by atoms with Crippen molar-refractivity contribution in [3.8, 4) is 0 Å². The summed E-state index contributed by atoms with van der Waals surface area (Å²) < 4.78 is 34.3. The summed E-state index contributed by atoms with van der Waals surface area (Å²) >= 11 is 0.